The van der Waals surface area contributed by atoms with Gasteiger partial charge >= 0.3 is 5.97 Å². The zero-order chi connectivity index (χ0) is 18.8. The van der Waals surface area contributed by atoms with Crippen LogP contribution in [0.4, 0.5) is 0 Å². The van der Waals surface area contributed by atoms with Gasteiger partial charge in [0.2, 0.25) is 10.0 Å². The van der Waals surface area contributed by atoms with E-state index in [0.717, 1.165) is 12.8 Å². The number of aliphatic carboxylic acids is 1. The van der Waals surface area contributed by atoms with Crippen molar-refractivity contribution in [1.82, 2.24) is 9.21 Å². The summed E-state index contributed by atoms with van der Waals surface area (Å²) in [6.45, 7) is 3.88. The third kappa shape index (κ3) is 4.01. The minimum absolute atomic E-state index is 0.0263. The van der Waals surface area contributed by atoms with Crippen molar-refractivity contribution in [2.75, 3.05) is 13.6 Å². The molecule has 0 aliphatic carbocycles. The molecule has 1 aromatic carbocycles. The van der Waals surface area contributed by atoms with Gasteiger partial charge in [-0.15, -0.1) is 0 Å². The number of hydrogen-bond donors (Lipinski definition) is 1. The van der Waals surface area contributed by atoms with E-state index in [2.05, 4.69) is 0 Å². The molecule has 1 aliphatic heterocycles. The number of likely N-dealkylation sites (tertiary alicyclic amines) is 1. The average molecular weight is 368 g/mol. The number of hydrogen-bond acceptors (Lipinski definition) is 4. The Labute approximate surface area is 148 Å². The van der Waals surface area contributed by atoms with Crippen molar-refractivity contribution in [2.24, 2.45) is 0 Å². The fourth-order valence-electron chi connectivity index (χ4n) is 2.83. The van der Waals surface area contributed by atoms with Crippen LogP contribution in [0.5, 0.6) is 0 Å². The first-order valence-electron chi connectivity index (χ1n) is 8.28. The molecule has 7 nitrogen and oxygen atoms in total. The molecule has 0 radical (unpaired) electrons. The van der Waals surface area contributed by atoms with Crippen molar-refractivity contribution in [3.63, 3.8) is 0 Å². The molecule has 1 amide bonds. The molecule has 0 bridgehead atoms. The lowest BCUT2D eigenvalue weighted by Crippen LogP contribution is -2.48. The first-order valence-corrected chi connectivity index (χ1v) is 9.72. The molecule has 138 valence electrons. The summed E-state index contributed by atoms with van der Waals surface area (Å²) >= 11 is 0. The van der Waals surface area contributed by atoms with E-state index < -0.39 is 27.9 Å². The second-order valence-corrected chi connectivity index (χ2v) is 8.49. The van der Waals surface area contributed by atoms with Gasteiger partial charge in [-0.1, -0.05) is 6.07 Å². The molecular weight excluding hydrogens is 344 g/mol. The Hall–Kier alpha value is -1.93. The topological polar surface area (TPSA) is 95.0 Å². The lowest BCUT2D eigenvalue weighted by atomic mass is 10.0. The Kier molecular flexibility index (Phi) is 5.84. The van der Waals surface area contributed by atoms with Gasteiger partial charge in [0.1, 0.15) is 6.04 Å². The van der Waals surface area contributed by atoms with Gasteiger partial charge in [-0.2, -0.15) is 4.31 Å². The number of carbonyl (C=O) groups excluding carboxylic acids is 1. The van der Waals surface area contributed by atoms with Crippen LogP contribution in [-0.4, -0.2) is 60.3 Å². The minimum Gasteiger partial charge on any atom is -0.480 e. The van der Waals surface area contributed by atoms with E-state index in [4.69, 9.17) is 0 Å². The van der Waals surface area contributed by atoms with Crippen LogP contribution in [0.1, 0.15) is 43.5 Å². The molecule has 1 heterocycles. The van der Waals surface area contributed by atoms with E-state index in [1.165, 1.54) is 40.5 Å². The first-order chi connectivity index (χ1) is 11.7. The molecule has 1 aromatic rings. The number of rotatable bonds is 5. The number of piperidine rings is 1. The van der Waals surface area contributed by atoms with Gasteiger partial charge in [-0.3, -0.25) is 4.79 Å². The van der Waals surface area contributed by atoms with Crippen molar-refractivity contribution in [1.29, 1.82) is 0 Å². The molecule has 1 saturated heterocycles. The molecule has 25 heavy (non-hydrogen) atoms. The highest BCUT2D eigenvalue weighted by molar-refractivity contribution is 7.89. The zero-order valence-corrected chi connectivity index (χ0v) is 15.5. The predicted molar refractivity (Wildman–Crippen MR) is 92.8 cm³/mol. The van der Waals surface area contributed by atoms with Crippen molar-refractivity contribution in [3.05, 3.63) is 29.8 Å². The summed E-state index contributed by atoms with van der Waals surface area (Å²) in [5.41, 5.74) is 0.186. The summed E-state index contributed by atoms with van der Waals surface area (Å²) in [6, 6.07) is 4.71. The molecule has 1 atom stereocenters. The van der Waals surface area contributed by atoms with E-state index in [1.807, 2.05) is 0 Å². The SMILES string of the molecule is CC(C)N(C)S(=O)(=O)c1cccc(C(=O)N2CCCC[C@@H]2C(=O)O)c1. The van der Waals surface area contributed by atoms with E-state index in [-0.39, 0.29) is 16.5 Å². The number of carboxylic acids is 1. The monoisotopic (exact) mass is 368 g/mol. The largest absolute Gasteiger partial charge is 0.480 e. The zero-order valence-electron chi connectivity index (χ0n) is 14.7. The Morgan fingerprint density at radius 3 is 2.56 bits per heavy atom. The van der Waals surface area contributed by atoms with Crippen molar-refractivity contribution < 1.29 is 23.1 Å². The van der Waals surface area contributed by atoms with E-state index in [1.54, 1.807) is 13.8 Å². The van der Waals surface area contributed by atoms with Gasteiger partial charge in [0.05, 0.1) is 4.90 Å². The Morgan fingerprint density at radius 2 is 1.96 bits per heavy atom. The molecule has 0 saturated carbocycles. The quantitative estimate of drug-likeness (QED) is 0.855. The van der Waals surface area contributed by atoms with Gasteiger partial charge in [-0.05, 0) is 51.3 Å². The standard InChI is InChI=1S/C17H24N2O5S/c1-12(2)18(3)25(23,24)14-8-6-7-13(11-14)16(20)19-10-5-4-9-15(19)17(21)22/h6-8,11-12,15H,4-5,9-10H2,1-3H3,(H,21,22)/t15-/m1/s1. The van der Waals surface area contributed by atoms with Crippen LogP contribution in [0.15, 0.2) is 29.2 Å². The maximum absolute atomic E-state index is 12.8. The van der Waals surface area contributed by atoms with Crippen LogP contribution < -0.4 is 0 Å². The molecule has 8 heteroatoms. The Balaban J connectivity index is 2.35. The lowest BCUT2D eigenvalue weighted by molar-refractivity contribution is -0.143. The third-order valence-corrected chi connectivity index (χ3v) is 6.56. The molecule has 0 aromatic heterocycles. The molecule has 2 rings (SSSR count). The Morgan fingerprint density at radius 1 is 1.28 bits per heavy atom. The second kappa shape index (κ2) is 7.53. The number of carboxylic acid groups (broad SMARTS) is 1. The summed E-state index contributed by atoms with van der Waals surface area (Å²) in [5.74, 6) is -1.48. The van der Waals surface area contributed by atoms with Crippen LogP contribution in [-0.2, 0) is 14.8 Å². The molecule has 0 unspecified atom stereocenters. The Bertz CT molecular complexity index is 760. The minimum atomic E-state index is -3.71. The number of carbonyl (C=O) groups is 2. The van der Waals surface area contributed by atoms with Crippen LogP contribution in [0.3, 0.4) is 0 Å². The molecular formula is C17H24N2O5S. The van der Waals surface area contributed by atoms with Crippen LogP contribution in [0.2, 0.25) is 0 Å². The fourth-order valence-corrected chi connectivity index (χ4v) is 4.24. The highest BCUT2D eigenvalue weighted by Gasteiger charge is 2.33. The second-order valence-electron chi connectivity index (χ2n) is 6.49. The van der Waals surface area contributed by atoms with Crippen molar-refractivity contribution in [3.8, 4) is 0 Å². The van der Waals surface area contributed by atoms with Crippen LogP contribution in [0.25, 0.3) is 0 Å². The summed E-state index contributed by atoms with van der Waals surface area (Å²) in [5, 5.41) is 9.33. The van der Waals surface area contributed by atoms with E-state index >= 15 is 0 Å². The maximum Gasteiger partial charge on any atom is 0.326 e. The highest BCUT2D eigenvalue weighted by atomic mass is 32.2. The van der Waals surface area contributed by atoms with Gasteiger partial charge in [-0.25, -0.2) is 13.2 Å². The van der Waals surface area contributed by atoms with Gasteiger partial charge in [0, 0.05) is 25.2 Å². The highest BCUT2D eigenvalue weighted by Crippen LogP contribution is 2.22. The summed E-state index contributed by atoms with van der Waals surface area (Å²) < 4.78 is 26.4. The predicted octanol–water partition coefficient (Wildman–Crippen LogP) is 1.79. The van der Waals surface area contributed by atoms with Gasteiger partial charge < -0.3 is 10.0 Å². The summed E-state index contributed by atoms with van der Waals surface area (Å²) in [7, 11) is -2.22. The molecule has 1 aliphatic rings. The summed E-state index contributed by atoms with van der Waals surface area (Å²) in [4.78, 5) is 25.5. The van der Waals surface area contributed by atoms with Gasteiger partial charge in [0.25, 0.3) is 5.91 Å². The smallest absolute Gasteiger partial charge is 0.326 e. The van der Waals surface area contributed by atoms with Crippen LogP contribution >= 0.6 is 0 Å². The van der Waals surface area contributed by atoms with E-state index in [0.29, 0.717) is 13.0 Å². The first kappa shape index (κ1) is 19.4. The third-order valence-electron chi connectivity index (χ3n) is 4.53. The van der Waals surface area contributed by atoms with Crippen molar-refractivity contribution in [2.45, 2.75) is 50.1 Å². The van der Waals surface area contributed by atoms with Crippen LogP contribution in [0, 0.1) is 0 Å². The van der Waals surface area contributed by atoms with Gasteiger partial charge in [0.15, 0.2) is 0 Å². The molecule has 0 spiro atoms. The maximum atomic E-state index is 12.8. The lowest BCUT2D eigenvalue weighted by Gasteiger charge is -2.33. The molecule has 1 N–H and O–H groups in total. The van der Waals surface area contributed by atoms with Crippen molar-refractivity contribution >= 4 is 21.9 Å². The number of sulfonamides is 1. The van der Waals surface area contributed by atoms with E-state index in [9.17, 15) is 23.1 Å². The summed E-state index contributed by atoms with van der Waals surface area (Å²) in [6.07, 6.45) is 1.91. The number of amides is 1. The normalized spacial score (nSPS) is 18.6. The average Bonchev–Trinajstić information content (AvgIpc) is 2.60. The molecule has 1 fully saturated rings. The number of nitrogens with zero attached hydrogens (tertiary/aromatic N) is 2. The number of benzene rings is 1. The fraction of sp³-hybridized carbons (Fsp3) is 0.529.